The first kappa shape index (κ1) is 46.8. The summed E-state index contributed by atoms with van der Waals surface area (Å²) in [5.74, 6) is -0.830. The van der Waals surface area contributed by atoms with Gasteiger partial charge >= 0.3 is 19.8 Å². The summed E-state index contributed by atoms with van der Waals surface area (Å²) in [5.41, 5.74) is 5.33. The van der Waals surface area contributed by atoms with Crippen molar-refractivity contribution in [3.63, 3.8) is 0 Å². The molecule has 0 aliphatic carbocycles. The average Bonchev–Trinajstić information content (AvgIpc) is 3.07. The van der Waals surface area contributed by atoms with Crippen molar-refractivity contribution in [2.24, 2.45) is 5.73 Å². The van der Waals surface area contributed by atoms with Gasteiger partial charge < -0.3 is 20.1 Å². The average molecular weight is 704 g/mol. The third-order valence-corrected chi connectivity index (χ3v) is 9.39. The molecule has 0 aromatic carbocycles. The molecule has 0 aromatic rings. The zero-order valence-electron chi connectivity index (χ0n) is 31.0. The number of nitrogens with two attached hydrogens (primary N) is 1. The first-order valence-corrected chi connectivity index (χ1v) is 21.2. The van der Waals surface area contributed by atoms with Crippen LogP contribution < -0.4 is 5.73 Å². The summed E-state index contributed by atoms with van der Waals surface area (Å²) in [4.78, 5) is 34.7. The number of carbonyl (C=O) groups is 2. The van der Waals surface area contributed by atoms with E-state index in [4.69, 9.17) is 24.3 Å². The molecule has 0 radical (unpaired) electrons. The fourth-order valence-electron chi connectivity index (χ4n) is 5.45. The molecular weight excluding hydrogens is 629 g/mol. The fraction of sp³-hybridized carbons (Fsp3) is 0.895. The maximum absolute atomic E-state index is 12.5. The molecule has 0 bridgehead atoms. The number of unbranched alkanes of at least 4 members (excludes halogenated alkanes) is 22. The second kappa shape index (κ2) is 35.6. The van der Waals surface area contributed by atoms with E-state index in [0.29, 0.717) is 6.42 Å². The molecular formula is C38H74NO8P. The van der Waals surface area contributed by atoms with E-state index in [-0.39, 0.29) is 38.6 Å². The van der Waals surface area contributed by atoms with Crippen molar-refractivity contribution in [1.82, 2.24) is 0 Å². The second-order valence-corrected chi connectivity index (χ2v) is 14.6. The molecule has 10 heteroatoms. The molecule has 0 fully saturated rings. The number of hydrogen-bond acceptors (Lipinski definition) is 8. The highest BCUT2D eigenvalue weighted by Crippen LogP contribution is 2.43. The lowest BCUT2D eigenvalue weighted by molar-refractivity contribution is -0.161. The lowest BCUT2D eigenvalue weighted by atomic mass is 10.1. The molecule has 48 heavy (non-hydrogen) atoms. The van der Waals surface area contributed by atoms with Gasteiger partial charge in [0.2, 0.25) is 0 Å². The molecule has 0 aliphatic heterocycles. The molecule has 0 saturated heterocycles. The summed E-state index contributed by atoms with van der Waals surface area (Å²) in [5, 5.41) is 0. The van der Waals surface area contributed by atoms with Gasteiger partial charge in [0.05, 0.1) is 13.2 Å². The summed E-state index contributed by atoms with van der Waals surface area (Å²) in [6.45, 7) is 3.71. The van der Waals surface area contributed by atoms with Gasteiger partial charge in [-0.25, -0.2) is 4.57 Å². The van der Waals surface area contributed by atoms with E-state index in [9.17, 15) is 19.0 Å². The fourth-order valence-corrected chi connectivity index (χ4v) is 6.22. The van der Waals surface area contributed by atoms with Gasteiger partial charge in [-0.2, -0.15) is 0 Å². The van der Waals surface area contributed by atoms with Crippen LogP contribution >= 0.6 is 7.82 Å². The molecule has 9 nitrogen and oxygen atoms in total. The molecule has 1 unspecified atom stereocenters. The van der Waals surface area contributed by atoms with E-state index in [1.165, 1.54) is 122 Å². The third-order valence-electron chi connectivity index (χ3n) is 8.40. The Bertz CT molecular complexity index is 810. The Morgan fingerprint density at radius 1 is 0.604 bits per heavy atom. The zero-order chi connectivity index (χ0) is 35.4. The summed E-state index contributed by atoms with van der Waals surface area (Å²) >= 11 is 0. The number of allylic oxidation sites excluding steroid dienone is 2. The Morgan fingerprint density at radius 3 is 1.48 bits per heavy atom. The molecule has 284 valence electrons. The van der Waals surface area contributed by atoms with Crippen molar-refractivity contribution in [2.75, 3.05) is 26.4 Å². The lowest BCUT2D eigenvalue weighted by Gasteiger charge is -2.19. The van der Waals surface area contributed by atoms with Gasteiger partial charge in [0.1, 0.15) is 6.61 Å². The maximum Gasteiger partial charge on any atom is 0.472 e. The SMILES string of the molecule is CCCCCCCC/C=C\CCCCCCCCCC(=O)OC[C@H](COP(=O)(O)OCCN)OC(=O)CCCCCCCCCCCC. The Balaban J connectivity index is 4.14. The lowest BCUT2D eigenvalue weighted by Crippen LogP contribution is -2.29. The number of esters is 2. The summed E-state index contributed by atoms with van der Waals surface area (Å²) < 4.78 is 32.6. The van der Waals surface area contributed by atoms with Crippen LogP contribution in [0.1, 0.15) is 187 Å². The third kappa shape index (κ3) is 34.6. The van der Waals surface area contributed by atoms with Crippen LogP contribution in [0.25, 0.3) is 0 Å². The normalized spacial score (nSPS) is 13.5. The van der Waals surface area contributed by atoms with E-state index >= 15 is 0 Å². The zero-order valence-corrected chi connectivity index (χ0v) is 31.9. The Morgan fingerprint density at radius 2 is 1.02 bits per heavy atom. The van der Waals surface area contributed by atoms with Gasteiger partial charge in [0.15, 0.2) is 6.10 Å². The van der Waals surface area contributed by atoms with Gasteiger partial charge in [0.25, 0.3) is 0 Å². The Hall–Kier alpha value is -1.25. The van der Waals surface area contributed by atoms with Crippen molar-refractivity contribution in [2.45, 2.75) is 193 Å². The second-order valence-electron chi connectivity index (χ2n) is 13.2. The van der Waals surface area contributed by atoms with Crippen LogP contribution in [0.3, 0.4) is 0 Å². The molecule has 0 aromatic heterocycles. The Kier molecular flexibility index (Phi) is 34.6. The van der Waals surface area contributed by atoms with Crippen LogP contribution in [0.2, 0.25) is 0 Å². The van der Waals surface area contributed by atoms with E-state index in [0.717, 1.165) is 32.1 Å². The first-order valence-electron chi connectivity index (χ1n) is 19.7. The van der Waals surface area contributed by atoms with Gasteiger partial charge in [-0.3, -0.25) is 18.6 Å². The van der Waals surface area contributed by atoms with E-state index < -0.39 is 26.5 Å². The van der Waals surface area contributed by atoms with Crippen molar-refractivity contribution >= 4 is 19.8 Å². The van der Waals surface area contributed by atoms with Crippen LogP contribution in [-0.2, 0) is 32.7 Å². The summed E-state index contributed by atoms with van der Waals surface area (Å²) in [6, 6.07) is 0. The van der Waals surface area contributed by atoms with Crippen LogP contribution in [-0.4, -0.2) is 49.3 Å². The molecule has 3 N–H and O–H groups in total. The van der Waals surface area contributed by atoms with Crippen molar-refractivity contribution in [1.29, 1.82) is 0 Å². The van der Waals surface area contributed by atoms with Gasteiger partial charge in [-0.15, -0.1) is 0 Å². The van der Waals surface area contributed by atoms with Crippen molar-refractivity contribution in [3.05, 3.63) is 12.2 Å². The largest absolute Gasteiger partial charge is 0.472 e. The standard InChI is InChI=1S/C38H74NO8P/c1-3-5-7-9-11-13-15-16-17-18-19-20-21-23-24-26-28-30-37(40)44-34-36(35-46-48(42,43)45-33-32-39)47-38(41)31-29-27-25-22-14-12-10-8-6-4-2/h16-17,36H,3-15,18-35,39H2,1-2H3,(H,42,43)/b17-16-/t36-/m1/s1. The molecule has 0 amide bonds. The minimum atomic E-state index is -4.36. The van der Waals surface area contributed by atoms with E-state index in [1.807, 2.05) is 0 Å². The number of carbonyl (C=O) groups excluding carboxylic acids is 2. The predicted molar refractivity (Wildman–Crippen MR) is 197 cm³/mol. The number of rotatable bonds is 37. The quantitative estimate of drug-likeness (QED) is 0.0280. The van der Waals surface area contributed by atoms with E-state index in [2.05, 4.69) is 26.0 Å². The van der Waals surface area contributed by atoms with Crippen LogP contribution in [0.4, 0.5) is 0 Å². The highest BCUT2D eigenvalue weighted by Gasteiger charge is 2.25. The Labute approximate surface area is 294 Å². The van der Waals surface area contributed by atoms with Crippen molar-refractivity contribution < 1.29 is 37.6 Å². The number of phosphoric ester groups is 1. The van der Waals surface area contributed by atoms with E-state index in [1.54, 1.807) is 0 Å². The maximum atomic E-state index is 12.5. The van der Waals surface area contributed by atoms with Crippen LogP contribution in [0.5, 0.6) is 0 Å². The smallest absolute Gasteiger partial charge is 0.462 e. The summed E-state index contributed by atoms with van der Waals surface area (Å²) in [7, 11) is -4.36. The number of hydrogen-bond donors (Lipinski definition) is 2. The van der Waals surface area contributed by atoms with Crippen LogP contribution in [0.15, 0.2) is 12.2 Å². The summed E-state index contributed by atoms with van der Waals surface area (Å²) in [6.07, 6.45) is 33.8. The minimum absolute atomic E-state index is 0.0553. The van der Waals surface area contributed by atoms with Gasteiger partial charge in [-0.05, 0) is 38.5 Å². The first-order chi connectivity index (χ1) is 23.3. The highest BCUT2D eigenvalue weighted by molar-refractivity contribution is 7.47. The molecule has 0 heterocycles. The molecule has 0 aliphatic rings. The monoisotopic (exact) mass is 704 g/mol. The van der Waals surface area contributed by atoms with Gasteiger partial charge in [-0.1, -0.05) is 148 Å². The number of ether oxygens (including phenoxy) is 2. The highest BCUT2D eigenvalue weighted by atomic mass is 31.2. The molecule has 0 rings (SSSR count). The molecule has 2 atom stereocenters. The minimum Gasteiger partial charge on any atom is -0.462 e. The van der Waals surface area contributed by atoms with Crippen LogP contribution in [0, 0.1) is 0 Å². The number of phosphoric acid groups is 1. The molecule has 0 spiro atoms. The van der Waals surface area contributed by atoms with Crippen molar-refractivity contribution in [3.8, 4) is 0 Å². The predicted octanol–water partition coefficient (Wildman–Crippen LogP) is 10.7. The molecule has 0 saturated carbocycles. The topological polar surface area (TPSA) is 134 Å². The van der Waals surface area contributed by atoms with Gasteiger partial charge in [0, 0.05) is 19.4 Å².